The fraction of sp³-hybridized carbons (Fsp3) is 0.158. The van der Waals surface area contributed by atoms with Crippen molar-refractivity contribution >= 4 is 23.9 Å². The van der Waals surface area contributed by atoms with E-state index in [4.69, 9.17) is 0 Å². The molecule has 2 aromatic carbocycles. The maximum atomic E-state index is 4.48. The van der Waals surface area contributed by atoms with E-state index in [-0.39, 0.29) is 0 Å². The molecule has 0 aliphatic heterocycles. The Kier molecular flexibility index (Phi) is 5.64. The summed E-state index contributed by atoms with van der Waals surface area (Å²) in [5, 5.41) is 8.03. The van der Waals surface area contributed by atoms with Gasteiger partial charge < -0.3 is 0 Å². The number of rotatable bonds is 7. The minimum absolute atomic E-state index is 0.791. The Morgan fingerprint density at radius 1 is 0.913 bits per heavy atom. The van der Waals surface area contributed by atoms with Gasteiger partial charge in [0.05, 0.1) is 0 Å². The van der Waals surface area contributed by atoms with Gasteiger partial charge in [0, 0.05) is 5.75 Å². The number of aromatic nitrogens is 3. The number of hydrogen-bond acceptors (Lipinski definition) is 3. The van der Waals surface area contributed by atoms with Crippen molar-refractivity contribution in [3.63, 3.8) is 0 Å². The molecule has 3 aromatic rings. The van der Waals surface area contributed by atoms with E-state index >= 15 is 0 Å². The number of benzene rings is 2. The van der Waals surface area contributed by atoms with Gasteiger partial charge in [-0.1, -0.05) is 78.5 Å². The van der Waals surface area contributed by atoms with E-state index < -0.39 is 0 Å². The van der Waals surface area contributed by atoms with E-state index in [1.54, 1.807) is 11.8 Å². The first-order valence-electron chi connectivity index (χ1n) is 7.72. The SMILES string of the molecule is C(=C\c1nc(SCCCc2ccccc2)n[nH]1)/c1ccccc1. The van der Waals surface area contributed by atoms with E-state index in [9.17, 15) is 0 Å². The Morgan fingerprint density at radius 2 is 1.65 bits per heavy atom. The normalized spacial score (nSPS) is 11.1. The van der Waals surface area contributed by atoms with Gasteiger partial charge in [-0.15, -0.1) is 5.10 Å². The summed E-state index contributed by atoms with van der Waals surface area (Å²) >= 11 is 1.69. The molecule has 0 bridgehead atoms. The van der Waals surface area contributed by atoms with E-state index in [0.717, 1.165) is 35.1 Å². The van der Waals surface area contributed by atoms with Crippen LogP contribution in [0.5, 0.6) is 0 Å². The second kappa shape index (κ2) is 8.34. The van der Waals surface area contributed by atoms with Crippen LogP contribution in [0.15, 0.2) is 65.8 Å². The predicted octanol–water partition coefficient (Wildman–Crippen LogP) is 4.70. The molecule has 0 unspecified atom stereocenters. The third-order valence-electron chi connectivity index (χ3n) is 3.40. The fourth-order valence-corrected chi connectivity index (χ4v) is 2.97. The predicted molar refractivity (Wildman–Crippen MR) is 97.2 cm³/mol. The molecule has 0 saturated carbocycles. The molecule has 1 N–H and O–H groups in total. The molecule has 0 amide bonds. The lowest BCUT2D eigenvalue weighted by Gasteiger charge is -1.99. The highest BCUT2D eigenvalue weighted by atomic mass is 32.2. The molecule has 0 aliphatic rings. The smallest absolute Gasteiger partial charge is 0.208 e. The Hall–Kier alpha value is -2.33. The van der Waals surface area contributed by atoms with Crippen LogP contribution in [-0.4, -0.2) is 20.9 Å². The lowest BCUT2D eigenvalue weighted by Crippen LogP contribution is -1.88. The van der Waals surface area contributed by atoms with Crippen molar-refractivity contribution < 1.29 is 0 Å². The van der Waals surface area contributed by atoms with Gasteiger partial charge in [0.2, 0.25) is 5.16 Å². The van der Waals surface area contributed by atoms with Gasteiger partial charge >= 0.3 is 0 Å². The summed E-state index contributed by atoms with van der Waals surface area (Å²) in [6.07, 6.45) is 6.21. The van der Waals surface area contributed by atoms with Crippen molar-refractivity contribution in [2.45, 2.75) is 18.0 Å². The topological polar surface area (TPSA) is 41.6 Å². The molecule has 0 radical (unpaired) electrons. The highest BCUT2D eigenvalue weighted by Gasteiger charge is 2.01. The minimum atomic E-state index is 0.791. The Balaban J connectivity index is 1.45. The molecule has 4 heteroatoms. The number of aryl methyl sites for hydroxylation is 1. The lowest BCUT2D eigenvalue weighted by atomic mass is 10.1. The van der Waals surface area contributed by atoms with Gasteiger partial charge in [-0.3, -0.25) is 5.10 Å². The first-order chi connectivity index (χ1) is 11.4. The molecule has 0 atom stereocenters. The van der Waals surface area contributed by atoms with Crippen LogP contribution in [0.3, 0.4) is 0 Å². The first-order valence-corrected chi connectivity index (χ1v) is 8.71. The number of hydrogen-bond donors (Lipinski definition) is 1. The van der Waals surface area contributed by atoms with E-state index in [0.29, 0.717) is 0 Å². The summed E-state index contributed by atoms with van der Waals surface area (Å²) in [5.41, 5.74) is 2.54. The molecule has 3 rings (SSSR count). The van der Waals surface area contributed by atoms with Crippen molar-refractivity contribution in [1.82, 2.24) is 15.2 Å². The summed E-state index contributed by atoms with van der Waals surface area (Å²) in [7, 11) is 0. The van der Waals surface area contributed by atoms with Crippen LogP contribution in [0.4, 0.5) is 0 Å². The van der Waals surface area contributed by atoms with Crippen LogP contribution < -0.4 is 0 Å². The molecular weight excluding hydrogens is 302 g/mol. The van der Waals surface area contributed by atoms with Gasteiger partial charge in [0.15, 0.2) is 0 Å². The zero-order chi connectivity index (χ0) is 15.7. The Labute approximate surface area is 140 Å². The van der Waals surface area contributed by atoms with Gasteiger partial charge in [-0.25, -0.2) is 4.98 Å². The van der Waals surface area contributed by atoms with Crippen molar-refractivity contribution in [1.29, 1.82) is 0 Å². The van der Waals surface area contributed by atoms with Crippen LogP contribution in [0, 0.1) is 0 Å². The van der Waals surface area contributed by atoms with Crippen LogP contribution in [-0.2, 0) is 6.42 Å². The average molecular weight is 321 g/mol. The number of nitrogens with one attached hydrogen (secondary N) is 1. The van der Waals surface area contributed by atoms with E-state index in [2.05, 4.69) is 57.6 Å². The molecule has 0 fully saturated rings. The van der Waals surface area contributed by atoms with Gasteiger partial charge in [-0.2, -0.15) is 0 Å². The third kappa shape index (κ3) is 5.11. The van der Waals surface area contributed by atoms with Crippen molar-refractivity contribution in [2.75, 3.05) is 5.75 Å². The molecule has 23 heavy (non-hydrogen) atoms. The highest BCUT2D eigenvalue weighted by Crippen LogP contribution is 2.16. The largest absolute Gasteiger partial charge is 0.259 e. The second-order valence-corrected chi connectivity index (χ2v) is 6.25. The van der Waals surface area contributed by atoms with Gasteiger partial charge in [0.1, 0.15) is 5.82 Å². The number of H-pyrrole nitrogens is 1. The summed E-state index contributed by atoms with van der Waals surface area (Å²) in [6.45, 7) is 0. The molecule has 0 spiro atoms. The summed E-state index contributed by atoms with van der Waals surface area (Å²) in [6, 6.07) is 20.7. The van der Waals surface area contributed by atoms with Crippen LogP contribution >= 0.6 is 11.8 Å². The summed E-state index contributed by atoms with van der Waals surface area (Å²) in [4.78, 5) is 4.48. The van der Waals surface area contributed by atoms with Crippen LogP contribution in [0.1, 0.15) is 23.4 Å². The Morgan fingerprint density at radius 3 is 2.43 bits per heavy atom. The Bertz CT molecular complexity index is 736. The lowest BCUT2D eigenvalue weighted by molar-refractivity contribution is 0.921. The van der Waals surface area contributed by atoms with E-state index in [1.165, 1.54) is 5.56 Å². The molecule has 1 heterocycles. The molecular formula is C19H19N3S. The van der Waals surface area contributed by atoms with Gasteiger partial charge in [0.25, 0.3) is 0 Å². The minimum Gasteiger partial charge on any atom is -0.259 e. The molecule has 1 aromatic heterocycles. The third-order valence-corrected chi connectivity index (χ3v) is 4.33. The van der Waals surface area contributed by atoms with Crippen molar-refractivity contribution in [3.05, 3.63) is 77.6 Å². The molecule has 116 valence electrons. The second-order valence-electron chi connectivity index (χ2n) is 5.18. The fourth-order valence-electron chi connectivity index (χ4n) is 2.22. The van der Waals surface area contributed by atoms with E-state index in [1.807, 2.05) is 30.4 Å². The number of aromatic amines is 1. The average Bonchev–Trinajstić information content (AvgIpc) is 3.07. The van der Waals surface area contributed by atoms with Crippen molar-refractivity contribution in [3.8, 4) is 0 Å². The zero-order valence-electron chi connectivity index (χ0n) is 12.9. The molecule has 0 aliphatic carbocycles. The summed E-state index contributed by atoms with van der Waals surface area (Å²) < 4.78 is 0. The maximum absolute atomic E-state index is 4.48. The standard InChI is InChI=1S/C19H19N3S/c1-3-8-16(9-4-1)12-7-15-23-19-20-18(21-22-19)14-13-17-10-5-2-6-11-17/h1-6,8-11,13-14H,7,12,15H2,(H,20,21,22)/b14-13+. The highest BCUT2D eigenvalue weighted by molar-refractivity contribution is 7.99. The molecule has 3 nitrogen and oxygen atoms in total. The number of thioether (sulfide) groups is 1. The quantitative estimate of drug-likeness (QED) is 0.506. The zero-order valence-corrected chi connectivity index (χ0v) is 13.7. The first kappa shape index (κ1) is 15.6. The van der Waals surface area contributed by atoms with Gasteiger partial charge in [-0.05, 0) is 30.0 Å². The summed E-state index contributed by atoms with van der Waals surface area (Å²) in [5.74, 6) is 1.81. The maximum Gasteiger partial charge on any atom is 0.208 e. The van der Waals surface area contributed by atoms with Crippen LogP contribution in [0.25, 0.3) is 12.2 Å². The molecule has 0 saturated heterocycles. The van der Waals surface area contributed by atoms with Crippen molar-refractivity contribution in [2.24, 2.45) is 0 Å². The monoisotopic (exact) mass is 321 g/mol. The number of nitrogens with zero attached hydrogens (tertiary/aromatic N) is 2. The van der Waals surface area contributed by atoms with Crippen LogP contribution in [0.2, 0.25) is 0 Å².